The molecule has 0 aromatic heterocycles. The van der Waals surface area contributed by atoms with Crippen LogP contribution in [-0.2, 0) is 0 Å². The fourth-order valence-corrected chi connectivity index (χ4v) is 2.42. The molecule has 0 saturated heterocycles. The SMILES string of the molecule is CSc1ccccc1-c1ccc(NN=C(C#N)C#N)cc1. The zero-order chi connectivity index (χ0) is 15.1. The zero-order valence-corrected chi connectivity index (χ0v) is 12.2. The topological polar surface area (TPSA) is 72.0 Å². The third-order valence-corrected chi connectivity index (χ3v) is 3.61. The van der Waals surface area contributed by atoms with Gasteiger partial charge in [-0.2, -0.15) is 15.6 Å². The van der Waals surface area contributed by atoms with Gasteiger partial charge < -0.3 is 0 Å². The van der Waals surface area contributed by atoms with Crippen molar-refractivity contribution in [2.75, 3.05) is 11.7 Å². The summed E-state index contributed by atoms with van der Waals surface area (Å²) in [6, 6.07) is 19.3. The number of hydrogen-bond acceptors (Lipinski definition) is 5. The molecule has 0 spiro atoms. The summed E-state index contributed by atoms with van der Waals surface area (Å²) in [6.45, 7) is 0. The van der Waals surface area contributed by atoms with E-state index in [0.717, 1.165) is 11.3 Å². The Morgan fingerprint density at radius 1 is 1.05 bits per heavy atom. The second-order valence-corrected chi connectivity index (χ2v) is 4.92. The summed E-state index contributed by atoms with van der Waals surface area (Å²) in [5.41, 5.74) is 5.50. The molecule has 0 radical (unpaired) electrons. The van der Waals surface area contributed by atoms with E-state index in [-0.39, 0.29) is 5.71 Å². The van der Waals surface area contributed by atoms with Gasteiger partial charge in [-0.3, -0.25) is 5.43 Å². The molecule has 0 aliphatic carbocycles. The molecule has 0 amide bonds. The van der Waals surface area contributed by atoms with Crippen molar-refractivity contribution in [1.29, 1.82) is 10.5 Å². The number of nitrogens with one attached hydrogen (secondary N) is 1. The summed E-state index contributed by atoms with van der Waals surface area (Å²) in [5, 5.41) is 20.9. The predicted octanol–water partition coefficient (Wildman–Crippen LogP) is 3.89. The van der Waals surface area contributed by atoms with Crippen LogP contribution in [0.25, 0.3) is 11.1 Å². The summed E-state index contributed by atoms with van der Waals surface area (Å²) in [7, 11) is 0. The molecule has 0 atom stereocenters. The zero-order valence-electron chi connectivity index (χ0n) is 11.4. The highest BCUT2D eigenvalue weighted by Crippen LogP contribution is 2.30. The van der Waals surface area contributed by atoms with Gasteiger partial charge in [0, 0.05) is 4.90 Å². The van der Waals surface area contributed by atoms with E-state index in [1.165, 1.54) is 10.5 Å². The Morgan fingerprint density at radius 2 is 1.71 bits per heavy atom. The van der Waals surface area contributed by atoms with Gasteiger partial charge in [0.05, 0.1) is 5.69 Å². The van der Waals surface area contributed by atoms with Crippen molar-refractivity contribution in [3.8, 4) is 23.3 Å². The molecule has 2 aromatic carbocycles. The van der Waals surface area contributed by atoms with Crippen molar-refractivity contribution >= 4 is 23.2 Å². The Morgan fingerprint density at radius 3 is 2.33 bits per heavy atom. The van der Waals surface area contributed by atoms with Gasteiger partial charge >= 0.3 is 0 Å². The minimum atomic E-state index is -0.202. The Labute approximate surface area is 127 Å². The van der Waals surface area contributed by atoms with Gasteiger partial charge in [0.1, 0.15) is 12.1 Å². The van der Waals surface area contributed by atoms with E-state index in [9.17, 15) is 0 Å². The molecular formula is C16H12N4S. The molecule has 4 nitrogen and oxygen atoms in total. The highest BCUT2D eigenvalue weighted by Gasteiger charge is 2.03. The molecule has 0 bridgehead atoms. The van der Waals surface area contributed by atoms with Crippen molar-refractivity contribution in [2.45, 2.75) is 4.90 Å². The van der Waals surface area contributed by atoms with Gasteiger partial charge in [0.15, 0.2) is 0 Å². The third-order valence-electron chi connectivity index (χ3n) is 2.81. The van der Waals surface area contributed by atoms with Crippen LogP contribution in [0.1, 0.15) is 0 Å². The number of hydrazone groups is 1. The normalized spacial score (nSPS) is 9.29. The monoisotopic (exact) mass is 292 g/mol. The van der Waals surface area contributed by atoms with Crippen LogP contribution in [0.4, 0.5) is 5.69 Å². The second-order valence-electron chi connectivity index (χ2n) is 4.07. The second kappa shape index (κ2) is 7.14. The van der Waals surface area contributed by atoms with Crippen molar-refractivity contribution in [1.82, 2.24) is 0 Å². The van der Waals surface area contributed by atoms with Crippen LogP contribution in [0.2, 0.25) is 0 Å². The van der Waals surface area contributed by atoms with Gasteiger partial charge in [-0.05, 0) is 35.6 Å². The Hall–Kier alpha value is -2.76. The Kier molecular flexibility index (Phi) is 4.98. The average molecular weight is 292 g/mol. The van der Waals surface area contributed by atoms with Crippen LogP contribution in [-0.4, -0.2) is 12.0 Å². The fraction of sp³-hybridized carbons (Fsp3) is 0.0625. The van der Waals surface area contributed by atoms with E-state index in [2.05, 4.69) is 28.9 Å². The van der Waals surface area contributed by atoms with Crippen molar-refractivity contribution < 1.29 is 0 Å². The maximum absolute atomic E-state index is 8.61. The number of nitriles is 2. The molecule has 2 aromatic rings. The number of rotatable bonds is 4. The average Bonchev–Trinajstić information content (AvgIpc) is 2.56. The van der Waals surface area contributed by atoms with Crippen LogP contribution in [0.5, 0.6) is 0 Å². The first-order valence-electron chi connectivity index (χ1n) is 6.16. The molecule has 0 heterocycles. The number of anilines is 1. The number of hydrogen-bond donors (Lipinski definition) is 1. The van der Waals surface area contributed by atoms with Crippen LogP contribution < -0.4 is 5.43 Å². The number of thioether (sulfide) groups is 1. The molecule has 5 heteroatoms. The largest absolute Gasteiger partial charge is 0.277 e. The Bertz CT molecular complexity index is 720. The highest BCUT2D eigenvalue weighted by atomic mass is 32.2. The first kappa shape index (κ1) is 14.6. The first-order valence-corrected chi connectivity index (χ1v) is 7.38. The summed E-state index contributed by atoms with van der Waals surface area (Å²) < 4.78 is 0. The van der Waals surface area contributed by atoms with Gasteiger partial charge in [-0.1, -0.05) is 30.3 Å². The minimum Gasteiger partial charge on any atom is -0.277 e. The van der Waals surface area contributed by atoms with Crippen LogP contribution in [0.3, 0.4) is 0 Å². The van der Waals surface area contributed by atoms with E-state index in [4.69, 9.17) is 10.5 Å². The molecule has 0 aliphatic heterocycles. The smallest absolute Gasteiger partial charge is 0.237 e. The van der Waals surface area contributed by atoms with Gasteiger partial charge in [0.2, 0.25) is 5.71 Å². The molecule has 1 N–H and O–H groups in total. The standard InChI is InChI=1S/C16H12N4S/c1-21-16-5-3-2-4-15(16)12-6-8-13(9-7-12)19-20-14(10-17)11-18/h2-9,19H,1H3. The lowest BCUT2D eigenvalue weighted by Gasteiger charge is -2.08. The van der Waals surface area contributed by atoms with Gasteiger partial charge in [0.25, 0.3) is 0 Å². The minimum absolute atomic E-state index is 0.202. The van der Waals surface area contributed by atoms with Gasteiger partial charge in [-0.25, -0.2) is 0 Å². The van der Waals surface area contributed by atoms with Gasteiger partial charge in [-0.15, -0.1) is 11.8 Å². The lowest BCUT2D eigenvalue weighted by Crippen LogP contribution is -1.96. The lowest BCUT2D eigenvalue weighted by molar-refractivity contribution is 1.34. The fourth-order valence-electron chi connectivity index (χ4n) is 1.80. The maximum Gasteiger partial charge on any atom is 0.237 e. The molecule has 0 fully saturated rings. The molecule has 21 heavy (non-hydrogen) atoms. The third kappa shape index (κ3) is 3.62. The van der Waals surface area contributed by atoms with Crippen molar-refractivity contribution in [2.24, 2.45) is 5.10 Å². The van der Waals surface area contributed by atoms with Crippen molar-refractivity contribution in [3.05, 3.63) is 48.5 Å². The lowest BCUT2D eigenvalue weighted by atomic mass is 10.1. The predicted molar refractivity (Wildman–Crippen MR) is 85.9 cm³/mol. The highest BCUT2D eigenvalue weighted by molar-refractivity contribution is 7.98. The summed E-state index contributed by atoms with van der Waals surface area (Å²) in [5.74, 6) is 0. The van der Waals surface area contributed by atoms with Crippen molar-refractivity contribution in [3.63, 3.8) is 0 Å². The van der Waals surface area contributed by atoms with E-state index in [1.54, 1.807) is 23.9 Å². The van der Waals surface area contributed by atoms with Crippen LogP contribution in [0.15, 0.2) is 58.5 Å². The number of nitrogens with zero attached hydrogens (tertiary/aromatic N) is 3. The van der Waals surface area contributed by atoms with Crippen LogP contribution in [0, 0.1) is 22.7 Å². The number of benzene rings is 2. The van der Waals surface area contributed by atoms with E-state index >= 15 is 0 Å². The molecule has 102 valence electrons. The molecular weight excluding hydrogens is 280 g/mol. The molecule has 0 unspecified atom stereocenters. The van der Waals surface area contributed by atoms with E-state index in [1.807, 2.05) is 36.4 Å². The summed E-state index contributed by atoms with van der Waals surface area (Å²) in [4.78, 5) is 1.22. The molecule has 0 saturated carbocycles. The molecule has 2 rings (SSSR count). The molecule has 0 aliphatic rings. The summed E-state index contributed by atoms with van der Waals surface area (Å²) in [6.07, 6.45) is 2.05. The maximum atomic E-state index is 8.61. The van der Waals surface area contributed by atoms with E-state index in [0.29, 0.717) is 0 Å². The first-order chi connectivity index (χ1) is 10.3. The van der Waals surface area contributed by atoms with E-state index < -0.39 is 0 Å². The van der Waals surface area contributed by atoms with Crippen LogP contribution >= 0.6 is 11.8 Å². The Balaban J connectivity index is 2.22. The summed E-state index contributed by atoms with van der Waals surface area (Å²) >= 11 is 1.71. The quantitative estimate of drug-likeness (QED) is 0.527.